The molecule has 0 aliphatic carbocycles. The number of hydrogen-bond donors (Lipinski definition) is 2. The first-order valence-electron chi connectivity index (χ1n) is 9.62. The molecule has 0 saturated carbocycles. The van der Waals surface area contributed by atoms with Crippen molar-refractivity contribution in [3.63, 3.8) is 0 Å². The van der Waals surface area contributed by atoms with Crippen molar-refractivity contribution in [1.29, 1.82) is 5.26 Å². The molecule has 1 aliphatic heterocycles. The molecule has 6 nitrogen and oxygen atoms in total. The van der Waals surface area contributed by atoms with E-state index in [0.717, 1.165) is 26.3 Å². The molecular formula is C21H26FN5OS. The number of nitriles is 1. The Morgan fingerprint density at radius 2 is 2.10 bits per heavy atom. The lowest BCUT2D eigenvalue weighted by Crippen LogP contribution is -2.46. The molecule has 2 heterocycles. The van der Waals surface area contributed by atoms with E-state index in [0.29, 0.717) is 23.6 Å². The van der Waals surface area contributed by atoms with Crippen LogP contribution >= 0.6 is 11.3 Å². The summed E-state index contributed by atoms with van der Waals surface area (Å²) in [6, 6.07) is 10.9. The van der Waals surface area contributed by atoms with E-state index in [2.05, 4.69) is 39.6 Å². The van der Waals surface area contributed by atoms with Crippen molar-refractivity contribution in [2.24, 2.45) is 4.99 Å². The van der Waals surface area contributed by atoms with Gasteiger partial charge in [-0.2, -0.15) is 5.26 Å². The summed E-state index contributed by atoms with van der Waals surface area (Å²) in [5.41, 5.74) is 0.872. The van der Waals surface area contributed by atoms with Crippen LogP contribution in [0.5, 0.6) is 0 Å². The molecule has 1 aromatic carbocycles. The van der Waals surface area contributed by atoms with Crippen molar-refractivity contribution in [2.45, 2.75) is 19.5 Å². The average molecular weight is 416 g/mol. The van der Waals surface area contributed by atoms with E-state index in [1.807, 2.05) is 6.07 Å². The highest BCUT2D eigenvalue weighted by Gasteiger charge is 2.24. The van der Waals surface area contributed by atoms with Gasteiger partial charge in [-0.1, -0.05) is 0 Å². The molecule has 0 amide bonds. The van der Waals surface area contributed by atoms with E-state index >= 15 is 0 Å². The van der Waals surface area contributed by atoms with Crippen molar-refractivity contribution in [3.8, 4) is 6.07 Å². The van der Waals surface area contributed by atoms with Gasteiger partial charge in [0.25, 0.3) is 0 Å². The van der Waals surface area contributed by atoms with E-state index < -0.39 is 0 Å². The number of guanidine groups is 1. The maximum absolute atomic E-state index is 14.0. The third kappa shape index (κ3) is 5.76. The van der Waals surface area contributed by atoms with Crippen molar-refractivity contribution in [2.75, 3.05) is 39.9 Å². The quantitative estimate of drug-likeness (QED) is 0.561. The number of morpholine rings is 1. The van der Waals surface area contributed by atoms with Crippen LogP contribution in [-0.4, -0.2) is 50.8 Å². The van der Waals surface area contributed by atoms with Crippen LogP contribution in [0, 0.1) is 24.1 Å². The van der Waals surface area contributed by atoms with E-state index in [1.165, 1.54) is 21.9 Å². The molecule has 2 aromatic rings. The summed E-state index contributed by atoms with van der Waals surface area (Å²) in [6.07, 6.45) is 0. The monoisotopic (exact) mass is 415 g/mol. The summed E-state index contributed by atoms with van der Waals surface area (Å²) in [7, 11) is 1.69. The summed E-state index contributed by atoms with van der Waals surface area (Å²) in [4.78, 5) is 9.27. The molecule has 0 radical (unpaired) electrons. The van der Waals surface area contributed by atoms with Crippen LogP contribution < -0.4 is 10.6 Å². The van der Waals surface area contributed by atoms with Crippen LogP contribution in [0.3, 0.4) is 0 Å². The molecule has 8 heteroatoms. The maximum atomic E-state index is 14.0. The molecule has 0 spiro atoms. The smallest absolute Gasteiger partial charge is 0.191 e. The Balaban J connectivity index is 1.63. The van der Waals surface area contributed by atoms with E-state index in [-0.39, 0.29) is 18.4 Å². The van der Waals surface area contributed by atoms with Crippen molar-refractivity contribution < 1.29 is 9.13 Å². The summed E-state index contributed by atoms with van der Waals surface area (Å²) >= 11 is 1.80. The molecule has 1 unspecified atom stereocenters. The number of thiophene rings is 1. The third-order valence-corrected chi connectivity index (χ3v) is 5.99. The zero-order valence-electron chi connectivity index (χ0n) is 16.7. The van der Waals surface area contributed by atoms with E-state index in [9.17, 15) is 4.39 Å². The molecular weight excluding hydrogens is 389 g/mol. The molecule has 1 saturated heterocycles. The normalized spacial score (nSPS) is 16.3. The van der Waals surface area contributed by atoms with Crippen molar-refractivity contribution in [1.82, 2.24) is 15.5 Å². The van der Waals surface area contributed by atoms with Gasteiger partial charge in [-0.3, -0.25) is 9.89 Å². The van der Waals surface area contributed by atoms with Crippen molar-refractivity contribution >= 4 is 17.3 Å². The fourth-order valence-electron chi connectivity index (χ4n) is 3.30. The van der Waals surface area contributed by atoms with Crippen LogP contribution in [0.15, 0.2) is 35.3 Å². The predicted octanol–water partition coefficient (Wildman–Crippen LogP) is 2.81. The second-order valence-corrected chi connectivity index (χ2v) is 8.16. The van der Waals surface area contributed by atoms with Gasteiger partial charge in [0.15, 0.2) is 5.96 Å². The third-order valence-electron chi connectivity index (χ3n) is 4.88. The van der Waals surface area contributed by atoms with Crippen LogP contribution in [0.1, 0.15) is 26.9 Å². The minimum atomic E-state index is -0.341. The minimum absolute atomic E-state index is 0.217. The number of hydrogen-bond acceptors (Lipinski definition) is 5. The second-order valence-electron chi connectivity index (χ2n) is 6.84. The Hall–Kier alpha value is -2.47. The van der Waals surface area contributed by atoms with Gasteiger partial charge >= 0.3 is 0 Å². The second kappa shape index (κ2) is 10.3. The summed E-state index contributed by atoms with van der Waals surface area (Å²) < 4.78 is 19.5. The molecule has 1 aliphatic rings. The molecule has 29 heavy (non-hydrogen) atoms. The van der Waals surface area contributed by atoms with Crippen molar-refractivity contribution in [3.05, 3.63) is 57.0 Å². The highest BCUT2D eigenvalue weighted by atomic mass is 32.1. The minimum Gasteiger partial charge on any atom is -0.379 e. The zero-order chi connectivity index (χ0) is 20.6. The first-order valence-corrected chi connectivity index (χ1v) is 10.4. The van der Waals surface area contributed by atoms with Gasteiger partial charge < -0.3 is 15.4 Å². The van der Waals surface area contributed by atoms with E-state index in [4.69, 9.17) is 10.00 Å². The average Bonchev–Trinajstić information content (AvgIpc) is 3.18. The Labute approximate surface area is 175 Å². The summed E-state index contributed by atoms with van der Waals surface area (Å²) in [5, 5.41) is 15.5. The number of nitrogens with zero attached hydrogens (tertiary/aromatic N) is 3. The molecule has 2 N–H and O–H groups in total. The Morgan fingerprint density at radius 3 is 2.76 bits per heavy atom. The highest BCUT2D eigenvalue weighted by molar-refractivity contribution is 7.12. The number of nitrogens with one attached hydrogen (secondary N) is 2. The maximum Gasteiger partial charge on any atom is 0.191 e. The fourth-order valence-corrected chi connectivity index (χ4v) is 4.32. The zero-order valence-corrected chi connectivity index (χ0v) is 17.6. The standard InChI is InChI=1S/C21H26FN5OS/c1-15-3-6-20(29-15)19(27-7-9-28-10-8-27)14-26-21(24-2)25-13-17-11-16(12-23)4-5-18(17)22/h3-6,11,19H,7-10,13-14H2,1-2H3,(H2,24,25,26). The SMILES string of the molecule is CN=C(NCc1cc(C#N)ccc1F)NCC(c1ccc(C)s1)N1CCOCC1. The summed E-state index contributed by atoms with van der Waals surface area (Å²) in [5.74, 6) is 0.255. The number of aryl methyl sites for hydroxylation is 1. The van der Waals surface area contributed by atoms with Gasteiger partial charge in [0.2, 0.25) is 0 Å². The fraction of sp³-hybridized carbons (Fsp3) is 0.429. The number of benzene rings is 1. The Bertz CT molecular complexity index is 885. The number of halogens is 1. The molecule has 3 rings (SSSR count). The largest absolute Gasteiger partial charge is 0.379 e. The van der Waals surface area contributed by atoms with E-state index in [1.54, 1.807) is 24.5 Å². The number of rotatable bonds is 6. The van der Waals surface area contributed by atoms with Crippen LogP contribution in [0.2, 0.25) is 0 Å². The lowest BCUT2D eigenvalue weighted by Gasteiger charge is -2.34. The van der Waals surface area contributed by atoms with Crippen LogP contribution in [-0.2, 0) is 11.3 Å². The Kier molecular flexibility index (Phi) is 7.58. The van der Waals surface area contributed by atoms with Gasteiger partial charge in [-0.05, 0) is 37.3 Å². The Morgan fingerprint density at radius 1 is 1.31 bits per heavy atom. The number of aliphatic imine (C=N–C) groups is 1. The molecule has 1 atom stereocenters. The van der Waals surface area contributed by atoms with Gasteiger partial charge in [0, 0.05) is 48.5 Å². The molecule has 0 bridgehead atoms. The predicted molar refractivity (Wildman–Crippen MR) is 114 cm³/mol. The van der Waals surface area contributed by atoms with Gasteiger partial charge in [-0.25, -0.2) is 4.39 Å². The molecule has 154 valence electrons. The first kappa shape index (κ1) is 21.2. The lowest BCUT2D eigenvalue weighted by molar-refractivity contribution is 0.0177. The number of ether oxygens (including phenoxy) is 1. The topological polar surface area (TPSA) is 72.7 Å². The van der Waals surface area contributed by atoms with Gasteiger partial charge in [0.1, 0.15) is 5.82 Å². The molecule has 1 fully saturated rings. The highest BCUT2D eigenvalue weighted by Crippen LogP contribution is 2.27. The summed E-state index contributed by atoms with van der Waals surface area (Å²) in [6.45, 7) is 6.30. The lowest BCUT2D eigenvalue weighted by atomic mass is 10.1. The van der Waals surface area contributed by atoms with Crippen LogP contribution in [0.4, 0.5) is 4.39 Å². The van der Waals surface area contributed by atoms with Gasteiger partial charge in [0.05, 0.1) is 30.9 Å². The molecule has 1 aromatic heterocycles. The first-order chi connectivity index (χ1) is 14.1. The van der Waals surface area contributed by atoms with Gasteiger partial charge in [-0.15, -0.1) is 11.3 Å². The van der Waals surface area contributed by atoms with Crippen LogP contribution in [0.25, 0.3) is 0 Å².